The third kappa shape index (κ3) is 3.43. The molecule has 4 heteroatoms. The summed E-state index contributed by atoms with van der Waals surface area (Å²) in [7, 11) is 0. The van der Waals surface area contributed by atoms with Gasteiger partial charge in [0, 0.05) is 24.3 Å². The van der Waals surface area contributed by atoms with E-state index in [1.54, 1.807) is 6.92 Å². The molecule has 1 aromatic heterocycles. The van der Waals surface area contributed by atoms with Gasteiger partial charge in [0.1, 0.15) is 5.75 Å². The van der Waals surface area contributed by atoms with Gasteiger partial charge in [-0.05, 0) is 31.0 Å². The van der Waals surface area contributed by atoms with Crippen LogP contribution in [0.3, 0.4) is 0 Å². The number of aromatic nitrogens is 1. The second kappa shape index (κ2) is 7.68. The third-order valence-electron chi connectivity index (χ3n) is 4.10. The minimum atomic E-state index is -0.260. The molecule has 0 radical (unpaired) electrons. The third-order valence-corrected chi connectivity index (χ3v) is 4.10. The van der Waals surface area contributed by atoms with Gasteiger partial charge in [0.15, 0.2) is 0 Å². The molecule has 0 bridgehead atoms. The Morgan fingerprint density at radius 2 is 1.75 bits per heavy atom. The number of nitrogens with zero attached hydrogens (tertiary/aromatic N) is 1. The molecule has 0 unspecified atom stereocenters. The average Bonchev–Trinajstić information content (AvgIpc) is 2.59. The van der Waals surface area contributed by atoms with E-state index < -0.39 is 0 Å². The minimum Gasteiger partial charge on any atom is -0.507 e. The quantitative estimate of drug-likeness (QED) is 0.762. The molecular formula is C20H24N2O2. The SMILES string of the molecule is C=CCN(CC=C)c1ccc(-c2[nH]c(=O)c(C)c(O)c2CC)cc1. The van der Waals surface area contributed by atoms with Crippen LogP contribution < -0.4 is 10.5 Å². The number of nitrogens with one attached hydrogen (secondary N) is 1. The van der Waals surface area contributed by atoms with E-state index in [1.165, 1.54) is 0 Å². The first-order valence-electron chi connectivity index (χ1n) is 8.05. The molecule has 0 aliphatic carbocycles. The highest BCUT2D eigenvalue weighted by atomic mass is 16.3. The summed E-state index contributed by atoms with van der Waals surface area (Å²) in [6.45, 7) is 12.6. The highest BCUT2D eigenvalue weighted by Crippen LogP contribution is 2.30. The fourth-order valence-electron chi connectivity index (χ4n) is 2.76. The Morgan fingerprint density at radius 1 is 1.17 bits per heavy atom. The van der Waals surface area contributed by atoms with Gasteiger partial charge in [-0.1, -0.05) is 31.2 Å². The highest BCUT2D eigenvalue weighted by Gasteiger charge is 2.14. The first-order valence-corrected chi connectivity index (χ1v) is 8.05. The Bertz CT molecular complexity index is 779. The number of hydrogen-bond acceptors (Lipinski definition) is 3. The smallest absolute Gasteiger partial charge is 0.255 e. The lowest BCUT2D eigenvalue weighted by Crippen LogP contribution is -2.22. The average molecular weight is 324 g/mol. The molecule has 2 rings (SSSR count). The van der Waals surface area contributed by atoms with Crippen molar-refractivity contribution in [3.05, 3.63) is 71.1 Å². The summed E-state index contributed by atoms with van der Waals surface area (Å²) >= 11 is 0. The maximum absolute atomic E-state index is 12.0. The van der Waals surface area contributed by atoms with Crippen LogP contribution in [0.2, 0.25) is 0 Å². The van der Waals surface area contributed by atoms with Crippen molar-refractivity contribution in [2.75, 3.05) is 18.0 Å². The highest BCUT2D eigenvalue weighted by molar-refractivity contribution is 5.69. The van der Waals surface area contributed by atoms with Crippen molar-refractivity contribution in [3.63, 3.8) is 0 Å². The van der Waals surface area contributed by atoms with Gasteiger partial charge >= 0.3 is 0 Å². The number of pyridine rings is 1. The second-order valence-electron chi connectivity index (χ2n) is 5.66. The summed E-state index contributed by atoms with van der Waals surface area (Å²) in [5, 5.41) is 10.3. The molecule has 0 atom stereocenters. The van der Waals surface area contributed by atoms with E-state index in [4.69, 9.17) is 0 Å². The van der Waals surface area contributed by atoms with Crippen molar-refractivity contribution < 1.29 is 5.11 Å². The van der Waals surface area contributed by atoms with Crippen LogP contribution in [-0.4, -0.2) is 23.2 Å². The van der Waals surface area contributed by atoms with Crippen molar-refractivity contribution in [1.82, 2.24) is 4.98 Å². The van der Waals surface area contributed by atoms with Gasteiger partial charge in [0.2, 0.25) is 0 Å². The zero-order chi connectivity index (χ0) is 17.7. The van der Waals surface area contributed by atoms with Gasteiger partial charge in [0.25, 0.3) is 5.56 Å². The largest absolute Gasteiger partial charge is 0.507 e. The Hall–Kier alpha value is -2.75. The van der Waals surface area contributed by atoms with Gasteiger partial charge in [-0.2, -0.15) is 0 Å². The van der Waals surface area contributed by atoms with Crippen molar-refractivity contribution in [3.8, 4) is 17.0 Å². The Balaban J connectivity index is 2.46. The first-order chi connectivity index (χ1) is 11.5. The summed E-state index contributed by atoms with van der Waals surface area (Å²) in [6, 6.07) is 7.90. The minimum absolute atomic E-state index is 0.0836. The Kier molecular flexibility index (Phi) is 5.64. The molecular weight excluding hydrogens is 300 g/mol. The molecule has 0 saturated carbocycles. The lowest BCUT2D eigenvalue weighted by Gasteiger charge is -2.22. The zero-order valence-corrected chi connectivity index (χ0v) is 14.3. The molecule has 2 aromatic rings. The van der Waals surface area contributed by atoms with E-state index in [-0.39, 0.29) is 11.3 Å². The van der Waals surface area contributed by atoms with Gasteiger partial charge in [-0.3, -0.25) is 4.79 Å². The van der Waals surface area contributed by atoms with E-state index in [0.29, 0.717) is 17.7 Å². The molecule has 1 aromatic carbocycles. The molecule has 2 N–H and O–H groups in total. The molecule has 0 amide bonds. The number of aromatic amines is 1. The molecule has 126 valence electrons. The van der Waals surface area contributed by atoms with E-state index in [0.717, 1.165) is 29.9 Å². The number of benzene rings is 1. The monoisotopic (exact) mass is 324 g/mol. The normalized spacial score (nSPS) is 10.4. The van der Waals surface area contributed by atoms with Crippen molar-refractivity contribution in [1.29, 1.82) is 0 Å². The van der Waals surface area contributed by atoms with Crippen molar-refractivity contribution in [2.45, 2.75) is 20.3 Å². The lowest BCUT2D eigenvalue weighted by molar-refractivity contribution is 0.463. The predicted octanol–water partition coefficient (Wildman–Crippen LogP) is 3.80. The van der Waals surface area contributed by atoms with Crippen LogP contribution in [-0.2, 0) is 6.42 Å². The van der Waals surface area contributed by atoms with Gasteiger partial charge in [0.05, 0.1) is 11.3 Å². The summed E-state index contributed by atoms with van der Waals surface area (Å²) in [5.41, 5.74) is 3.46. The fourth-order valence-corrected chi connectivity index (χ4v) is 2.76. The summed E-state index contributed by atoms with van der Waals surface area (Å²) in [4.78, 5) is 17.0. The molecule has 24 heavy (non-hydrogen) atoms. The Morgan fingerprint density at radius 3 is 2.25 bits per heavy atom. The predicted molar refractivity (Wildman–Crippen MR) is 101 cm³/mol. The van der Waals surface area contributed by atoms with Crippen LogP contribution in [0.5, 0.6) is 5.75 Å². The Labute approximate surface area is 142 Å². The molecule has 0 aliphatic heterocycles. The van der Waals surface area contributed by atoms with Crippen LogP contribution in [0.1, 0.15) is 18.1 Å². The fraction of sp³-hybridized carbons (Fsp3) is 0.250. The molecule has 4 nitrogen and oxygen atoms in total. The van der Waals surface area contributed by atoms with Crippen LogP contribution in [0.4, 0.5) is 5.69 Å². The number of anilines is 1. The maximum Gasteiger partial charge on any atom is 0.255 e. The number of H-pyrrole nitrogens is 1. The number of hydrogen-bond donors (Lipinski definition) is 2. The molecule has 0 saturated heterocycles. The van der Waals surface area contributed by atoms with Gasteiger partial charge < -0.3 is 15.0 Å². The van der Waals surface area contributed by atoms with E-state index in [2.05, 4.69) is 23.0 Å². The molecule has 0 fully saturated rings. The maximum atomic E-state index is 12.0. The van der Waals surface area contributed by atoms with Crippen LogP contribution in [0, 0.1) is 6.92 Å². The van der Waals surface area contributed by atoms with Gasteiger partial charge in [-0.15, -0.1) is 13.2 Å². The molecule has 1 heterocycles. The topological polar surface area (TPSA) is 56.3 Å². The lowest BCUT2D eigenvalue weighted by atomic mass is 10.0. The molecule has 0 spiro atoms. The van der Waals surface area contributed by atoms with Crippen LogP contribution in [0.25, 0.3) is 11.3 Å². The van der Waals surface area contributed by atoms with Crippen LogP contribution >= 0.6 is 0 Å². The summed E-state index contributed by atoms with van der Waals surface area (Å²) in [6.07, 6.45) is 4.34. The number of aromatic hydroxyl groups is 1. The van der Waals surface area contributed by atoms with Crippen LogP contribution in [0.15, 0.2) is 54.4 Å². The standard InChI is InChI=1S/C20H24N2O2/c1-5-12-22(13-6-2)16-10-8-15(9-11-16)18-17(7-3)19(23)14(4)20(24)21-18/h5-6,8-11H,1-2,7,12-13H2,3-4H3,(H2,21,23,24). The van der Waals surface area contributed by atoms with E-state index in [1.807, 2.05) is 43.3 Å². The van der Waals surface area contributed by atoms with Gasteiger partial charge in [-0.25, -0.2) is 0 Å². The second-order valence-corrected chi connectivity index (χ2v) is 5.66. The van der Waals surface area contributed by atoms with Crippen molar-refractivity contribution >= 4 is 5.69 Å². The number of rotatable bonds is 7. The summed E-state index contributed by atoms with van der Waals surface area (Å²) < 4.78 is 0. The van der Waals surface area contributed by atoms with Crippen molar-refractivity contribution in [2.24, 2.45) is 0 Å². The first kappa shape index (κ1) is 17.6. The summed E-state index contributed by atoms with van der Waals surface area (Å²) in [5.74, 6) is 0.0836. The molecule has 0 aliphatic rings. The zero-order valence-electron chi connectivity index (χ0n) is 14.3. The van der Waals surface area contributed by atoms with E-state index in [9.17, 15) is 9.90 Å². The van der Waals surface area contributed by atoms with E-state index >= 15 is 0 Å².